The van der Waals surface area contributed by atoms with Gasteiger partial charge in [0.2, 0.25) is 0 Å². The van der Waals surface area contributed by atoms with E-state index >= 15 is 0 Å². The van der Waals surface area contributed by atoms with Crippen molar-refractivity contribution in [3.63, 3.8) is 0 Å². The van der Waals surface area contributed by atoms with Crippen LogP contribution < -0.4 is 0 Å². The molecule has 0 saturated heterocycles. The second-order valence-corrected chi connectivity index (χ2v) is 15.9. The summed E-state index contributed by atoms with van der Waals surface area (Å²) < 4.78 is 12.3. The molecular weight excluding hydrogens is 504 g/mol. The monoisotopic (exact) mass is 554 g/mol. The molecule has 5 aliphatic rings. The Morgan fingerprint density at radius 3 is 2.00 bits per heavy atom. The average molecular weight is 555 g/mol. The summed E-state index contributed by atoms with van der Waals surface area (Å²) in [4.78, 5) is 38.2. The number of hydrogen-bond donors (Lipinski definition) is 1. The van der Waals surface area contributed by atoms with Gasteiger partial charge in [0.15, 0.2) is 0 Å². The summed E-state index contributed by atoms with van der Waals surface area (Å²) in [6.07, 6.45) is 11.6. The first-order valence-corrected chi connectivity index (χ1v) is 15.3. The van der Waals surface area contributed by atoms with Crippen molar-refractivity contribution in [2.75, 3.05) is 0 Å². The molecule has 3 fully saturated rings. The van der Waals surface area contributed by atoms with Crippen LogP contribution in [0.5, 0.6) is 0 Å². The molecule has 0 unspecified atom stereocenters. The Morgan fingerprint density at radius 2 is 1.43 bits per heavy atom. The van der Waals surface area contributed by atoms with Crippen LogP contribution in [0.4, 0.5) is 0 Å². The smallest absolute Gasteiger partial charge is 0.310 e. The zero-order valence-electron chi connectivity index (χ0n) is 26.2. The minimum absolute atomic E-state index is 0.0120. The van der Waals surface area contributed by atoms with Crippen molar-refractivity contribution in [3.05, 3.63) is 23.3 Å². The van der Waals surface area contributed by atoms with Crippen molar-refractivity contribution < 1.29 is 29.0 Å². The number of hydrogen-bond acceptors (Lipinski definition) is 5. The van der Waals surface area contributed by atoms with E-state index < -0.39 is 34.5 Å². The summed E-state index contributed by atoms with van der Waals surface area (Å²) in [5, 5.41) is 10.6. The molecule has 6 atom stereocenters. The predicted octanol–water partition coefficient (Wildman–Crippen LogP) is 7.62. The van der Waals surface area contributed by atoms with Crippen molar-refractivity contribution in [1.82, 2.24) is 0 Å². The second kappa shape index (κ2) is 8.70. The van der Waals surface area contributed by atoms with Gasteiger partial charge in [-0.2, -0.15) is 0 Å². The fourth-order valence-corrected chi connectivity index (χ4v) is 10.6. The SMILES string of the molecule is CC(=O)OC1(OC(C)=O)CCC(C)(C)C2=CC[C@]3(C)[C@H](CC=C4[C@@H]5CC(C)(C)CC[C@]5(C(=O)O)CC[C@]43C)[C@]21C. The van der Waals surface area contributed by atoms with Gasteiger partial charge in [0.25, 0.3) is 5.79 Å². The molecular formula is C34H50O6. The molecule has 0 spiro atoms. The number of ether oxygens (including phenoxy) is 2. The van der Waals surface area contributed by atoms with Gasteiger partial charge in [-0.05, 0) is 91.8 Å². The summed E-state index contributed by atoms with van der Waals surface area (Å²) in [6, 6.07) is 0. The fraction of sp³-hybridized carbons (Fsp3) is 0.794. The third kappa shape index (κ3) is 3.68. The quantitative estimate of drug-likeness (QED) is 0.219. The lowest BCUT2D eigenvalue weighted by Gasteiger charge is -2.70. The molecule has 0 aliphatic heterocycles. The first-order chi connectivity index (χ1) is 18.3. The van der Waals surface area contributed by atoms with Gasteiger partial charge in [-0.3, -0.25) is 14.4 Å². The highest BCUT2D eigenvalue weighted by atomic mass is 16.7. The van der Waals surface area contributed by atoms with E-state index in [4.69, 9.17) is 9.47 Å². The molecule has 5 rings (SSSR count). The molecule has 0 aromatic rings. The number of carbonyl (C=O) groups excluding carboxylic acids is 2. The molecule has 0 aromatic carbocycles. The van der Waals surface area contributed by atoms with Gasteiger partial charge in [0.05, 0.1) is 10.8 Å². The van der Waals surface area contributed by atoms with E-state index in [0.717, 1.165) is 44.9 Å². The number of esters is 2. The second-order valence-electron chi connectivity index (χ2n) is 15.9. The van der Waals surface area contributed by atoms with Gasteiger partial charge in [-0.25, -0.2) is 0 Å². The lowest BCUT2D eigenvalue weighted by Crippen LogP contribution is -2.68. The highest BCUT2D eigenvalue weighted by Gasteiger charge is 2.73. The summed E-state index contributed by atoms with van der Waals surface area (Å²) in [5.41, 5.74) is 0.619. The lowest BCUT2D eigenvalue weighted by atomic mass is 9.35. The lowest BCUT2D eigenvalue weighted by molar-refractivity contribution is -0.300. The predicted molar refractivity (Wildman–Crippen MR) is 153 cm³/mol. The molecule has 0 heterocycles. The van der Waals surface area contributed by atoms with Crippen LogP contribution in [-0.4, -0.2) is 28.8 Å². The van der Waals surface area contributed by atoms with Crippen LogP contribution in [0.3, 0.4) is 0 Å². The zero-order chi connectivity index (χ0) is 29.7. The van der Waals surface area contributed by atoms with E-state index in [1.807, 2.05) is 0 Å². The molecule has 0 aromatic heterocycles. The van der Waals surface area contributed by atoms with Crippen LogP contribution >= 0.6 is 0 Å². The molecule has 222 valence electrons. The Hall–Kier alpha value is -2.11. The van der Waals surface area contributed by atoms with Crippen LogP contribution in [0.1, 0.15) is 120 Å². The Bertz CT molecular complexity index is 1190. The average Bonchev–Trinajstić information content (AvgIpc) is 2.81. The minimum Gasteiger partial charge on any atom is -0.481 e. The summed E-state index contributed by atoms with van der Waals surface area (Å²) in [5.74, 6) is -2.86. The van der Waals surface area contributed by atoms with Crippen molar-refractivity contribution in [3.8, 4) is 0 Å². The van der Waals surface area contributed by atoms with E-state index in [2.05, 4.69) is 60.6 Å². The van der Waals surface area contributed by atoms with Gasteiger partial charge in [0.1, 0.15) is 0 Å². The highest BCUT2D eigenvalue weighted by Crippen LogP contribution is 2.76. The van der Waals surface area contributed by atoms with E-state index in [-0.39, 0.29) is 33.5 Å². The van der Waals surface area contributed by atoms with Crippen molar-refractivity contribution >= 4 is 17.9 Å². The molecule has 0 amide bonds. The Balaban J connectivity index is 1.71. The van der Waals surface area contributed by atoms with E-state index in [9.17, 15) is 19.5 Å². The van der Waals surface area contributed by atoms with Gasteiger partial charge >= 0.3 is 17.9 Å². The number of carbonyl (C=O) groups is 3. The summed E-state index contributed by atoms with van der Waals surface area (Å²) in [6.45, 7) is 18.8. The first-order valence-electron chi connectivity index (χ1n) is 15.3. The van der Waals surface area contributed by atoms with Crippen molar-refractivity contribution in [2.24, 2.45) is 44.3 Å². The van der Waals surface area contributed by atoms with Crippen LogP contribution in [0.15, 0.2) is 23.3 Å². The van der Waals surface area contributed by atoms with Crippen molar-refractivity contribution in [1.29, 1.82) is 0 Å². The third-order valence-corrected chi connectivity index (χ3v) is 13.0. The largest absolute Gasteiger partial charge is 0.481 e. The molecule has 1 N–H and O–H groups in total. The van der Waals surface area contributed by atoms with Gasteiger partial charge in [0, 0.05) is 20.3 Å². The Morgan fingerprint density at radius 1 is 0.825 bits per heavy atom. The number of allylic oxidation sites excluding steroid dienone is 3. The molecule has 6 heteroatoms. The number of aliphatic carboxylic acids is 1. The maximum atomic E-state index is 12.9. The van der Waals surface area contributed by atoms with E-state index in [0.29, 0.717) is 12.8 Å². The van der Waals surface area contributed by atoms with Crippen LogP contribution in [0, 0.1) is 44.3 Å². The number of carboxylic acid groups (broad SMARTS) is 1. The van der Waals surface area contributed by atoms with Gasteiger partial charge < -0.3 is 14.6 Å². The zero-order valence-corrected chi connectivity index (χ0v) is 26.2. The molecule has 40 heavy (non-hydrogen) atoms. The first kappa shape index (κ1) is 29.4. The molecule has 5 aliphatic carbocycles. The van der Waals surface area contributed by atoms with Gasteiger partial charge in [-0.1, -0.05) is 64.8 Å². The van der Waals surface area contributed by atoms with Crippen molar-refractivity contribution in [2.45, 2.75) is 126 Å². The highest BCUT2D eigenvalue weighted by molar-refractivity contribution is 5.76. The molecule has 0 bridgehead atoms. The van der Waals surface area contributed by atoms with Crippen LogP contribution in [0.25, 0.3) is 0 Å². The van der Waals surface area contributed by atoms with Gasteiger partial charge in [-0.15, -0.1) is 0 Å². The number of fused-ring (bicyclic) bond motifs is 7. The van der Waals surface area contributed by atoms with Crippen LogP contribution in [-0.2, 0) is 23.9 Å². The van der Waals surface area contributed by atoms with E-state index in [1.54, 1.807) is 0 Å². The van der Waals surface area contributed by atoms with Crippen LogP contribution in [0.2, 0.25) is 0 Å². The summed E-state index contributed by atoms with van der Waals surface area (Å²) >= 11 is 0. The third-order valence-electron chi connectivity index (χ3n) is 13.0. The molecule has 6 nitrogen and oxygen atoms in total. The standard InChI is InChI=1S/C34H50O6/c1-21(35)39-34(40-22(2)36)19-15-29(5,6)25-12-13-31(8)26(32(25,34)9)11-10-23-24-20-28(3,4)14-17-33(24,27(37)38)18-16-30(23,31)7/h10,12,24,26H,11,13-20H2,1-9H3,(H,37,38)/t24-,26-,30+,31+,32-,33-/m0/s1. The minimum atomic E-state index is -1.38. The van der Waals surface area contributed by atoms with E-state index in [1.165, 1.54) is 25.0 Å². The Kier molecular flexibility index (Phi) is 6.39. The summed E-state index contributed by atoms with van der Waals surface area (Å²) in [7, 11) is 0. The maximum absolute atomic E-state index is 12.9. The molecule has 0 radical (unpaired) electrons. The molecule has 3 saturated carbocycles. The number of rotatable bonds is 3. The maximum Gasteiger partial charge on any atom is 0.310 e. The Labute approximate surface area is 240 Å². The fourth-order valence-electron chi connectivity index (χ4n) is 10.6. The topological polar surface area (TPSA) is 89.9 Å². The normalized spacial score (nSPS) is 42.4. The number of carboxylic acids is 1.